The van der Waals surface area contributed by atoms with Gasteiger partial charge in [-0.15, -0.1) is 0 Å². The molecule has 6 heteroatoms. The van der Waals surface area contributed by atoms with Crippen LogP contribution in [0.4, 0.5) is 0 Å². The summed E-state index contributed by atoms with van der Waals surface area (Å²) in [6.07, 6.45) is 0. The van der Waals surface area contributed by atoms with Gasteiger partial charge >= 0.3 is 5.97 Å². The first kappa shape index (κ1) is 9.76. The van der Waals surface area contributed by atoms with Crippen molar-refractivity contribution in [2.75, 3.05) is 0 Å². The molecule has 1 aromatic carbocycles. The Labute approximate surface area is 78.4 Å². The van der Waals surface area contributed by atoms with Crippen LogP contribution in [0.5, 0.6) is 0 Å². The standard InChI is InChI=1S/C8H5N3O3/c9-11-10-7(12)5-2-1-3-6(4-5)8(13)14/h1-4H,(H,13,14). The first-order valence-corrected chi connectivity index (χ1v) is 3.58. The molecule has 0 saturated heterocycles. The van der Waals surface area contributed by atoms with Crippen molar-refractivity contribution in [3.63, 3.8) is 0 Å². The Morgan fingerprint density at radius 2 is 2.00 bits per heavy atom. The van der Waals surface area contributed by atoms with Crippen molar-refractivity contribution in [1.82, 2.24) is 0 Å². The third-order valence-corrected chi connectivity index (χ3v) is 1.49. The normalized spacial score (nSPS) is 8.86. The molecule has 0 aromatic heterocycles. The van der Waals surface area contributed by atoms with Crippen molar-refractivity contribution < 1.29 is 14.7 Å². The van der Waals surface area contributed by atoms with Crippen molar-refractivity contribution in [2.45, 2.75) is 0 Å². The number of carboxylic acid groups (broad SMARTS) is 1. The maximum absolute atomic E-state index is 11.0. The van der Waals surface area contributed by atoms with E-state index in [0.717, 1.165) is 6.07 Å². The van der Waals surface area contributed by atoms with Gasteiger partial charge in [0.15, 0.2) is 0 Å². The fourth-order valence-electron chi connectivity index (χ4n) is 0.884. The van der Waals surface area contributed by atoms with E-state index in [4.69, 9.17) is 10.6 Å². The molecule has 0 aliphatic heterocycles. The number of benzene rings is 1. The van der Waals surface area contributed by atoms with Crippen molar-refractivity contribution in [3.8, 4) is 0 Å². The SMILES string of the molecule is [N-]=[N+]=NC(=O)c1cccc(C(=O)O)c1. The molecule has 0 aliphatic carbocycles. The molecule has 1 rings (SSSR count). The number of hydrogen-bond donors (Lipinski definition) is 1. The van der Waals surface area contributed by atoms with Gasteiger partial charge in [-0.2, -0.15) is 0 Å². The third-order valence-electron chi connectivity index (χ3n) is 1.49. The van der Waals surface area contributed by atoms with E-state index in [9.17, 15) is 9.59 Å². The average Bonchev–Trinajstić information content (AvgIpc) is 2.18. The molecule has 70 valence electrons. The van der Waals surface area contributed by atoms with Crippen LogP contribution >= 0.6 is 0 Å². The van der Waals surface area contributed by atoms with Gasteiger partial charge in [-0.05, 0) is 22.8 Å². The van der Waals surface area contributed by atoms with Gasteiger partial charge in [-0.1, -0.05) is 12.1 Å². The van der Waals surface area contributed by atoms with Crippen LogP contribution in [0.3, 0.4) is 0 Å². The van der Waals surface area contributed by atoms with Crippen LogP contribution < -0.4 is 0 Å². The number of nitrogens with zero attached hydrogens (tertiary/aromatic N) is 3. The maximum Gasteiger partial charge on any atom is 0.335 e. The van der Waals surface area contributed by atoms with Crippen LogP contribution in [0.1, 0.15) is 20.7 Å². The highest BCUT2D eigenvalue weighted by molar-refractivity contribution is 5.97. The molecule has 1 aromatic rings. The van der Waals surface area contributed by atoms with Gasteiger partial charge in [0.05, 0.1) is 5.56 Å². The van der Waals surface area contributed by atoms with Gasteiger partial charge in [0.25, 0.3) is 0 Å². The summed E-state index contributed by atoms with van der Waals surface area (Å²) in [4.78, 5) is 23.8. The topological polar surface area (TPSA) is 103 Å². The Morgan fingerprint density at radius 3 is 2.57 bits per heavy atom. The fourth-order valence-corrected chi connectivity index (χ4v) is 0.884. The highest BCUT2D eigenvalue weighted by atomic mass is 16.4. The zero-order valence-corrected chi connectivity index (χ0v) is 6.91. The molecule has 0 heterocycles. The molecule has 0 fully saturated rings. The summed E-state index contributed by atoms with van der Waals surface area (Å²) in [5.74, 6) is -1.93. The minimum atomic E-state index is -1.14. The number of aromatic carboxylic acids is 1. The second kappa shape index (κ2) is 4.06. The van der Waals surface area contributed by atoms with Gasteiger partial charge in [-0.25, -0.2) is 4.79 Å². The Hall–Kier alpha value is -2.33. The molecule has 0 bridgehead atoms. The number of hydrogen-bond acceptors (Lipinski definition) is 2. The summed E-state index contributed by atoms with van der Waals surface area (Å²) < 4.78 is 0. The molecule has 0 unspecified atom stereocenters. The lowest BCUT2D eigenvalue weighted by atomic mass is 10.1. The van der Waals surface area contributed by atoms with Crippen molar-refractivity contribution in [1.29, 1.82) is 0 Å². The number of amides is 1. The van der Waals surface area contributed by atoms with E-state index in [-0.39, 0.29) is 11.1 Å². The van der Waals surface area contributed by atoms with E-state index in [1.807, 2.05) is 0 Å². The second-order valence-electron chi connectivity index (χ2n) is 2.38. The molecule has 0 spiro atoms. The molecule has 1 N–H and O–H groups in total. The first-order valence-electron chi connectivity index (χ1n) is 3.58. The predicted octanol–water partition coefficient (Wildman–Crippen LogP) is 1.84. The van der Waals surface area contributed by atoms with E-state index in [1.54, 1.807) is 0 Å². The van der Waals surface area contributed by atoms with E-state index in [0.29, 0.717) is 0 Å². The van der Waals surface area contributed by atoms with E-state index in [2.05, 4.69) is 10.0 Å². The minimum absolute atomic E-state index is 0.0241. The van der Waals surface area contributed by atoms with Gasteiger partial charge in [0, 0.05) is 10.5 Å². The third kappa shape index (κ3) is 2.09. The predicted molar refractivity (Wildman–Crippen MR) is 46.9 cm³/mol. The number of carboxylic acids is 1. The number of carbonyl (C=O) groups is 2. The van der Waals surface area contributed by atoms with Gasteiger partial charge in [-0.3, -0.25) is 4.79 Å². The summed E-state index contributed by atoms with van der Waals surface area (Å²) >= 11 is 0. The Morgan fingerprint density at radius 1 is 1.36 bits per heavy atom. The second-order valence-corrected chi connectivity index (χ2v) is 2.38. The maximum atomic E-state index is 11.0. The number of carbonyl (C=O) groups excluding carboxylic acids is 1. The van der Waals surface area contributed by atoms with Gasteiger partial charge < -0.3 is 5.11 Å². The van der Waals surface area contributed by atoms with Crippen LogP contribution in [-0.4, -0.2) is 17.0 Å². The number of rotatable bonds is 2. The van der Waals surface area contributed by atoms with Crippen LogP contribution in [0.2, 0.25) is 0 Å². The van der Waals surface area contributed by atoms with Crippen LogP contribution in [0.15, 0.2) is 29.4 Å². The van der Waals surface area contributed by atoms with Crippen molar-refractivity contribution in [3.05, 3.63) is 45.8 Å². The molecular formula is C8H5N3O3. The highest BCUT2D eigenvalue weighted by Crippen LogP contribution is 2.06. The molecule has 0 atom stereocenters. The smallest absolute Gasteiger partial charge is 0.335 e. The molecule has 14 heavy (non-hydrogen) atoms. The lowest BCUT2D eigenvalue weighted by Gasteiger charge is -1.96. The molecule has 1 amide bonds. The lowest BCUT2D eigenvalue weighted by Crippen LogP contribution is -1.99. The van der Waals surface area contributed by atoms with E-state index >= 15 is 0 Å². The van der Waals surface area contributed by atoms with Gasteiger partial charge in [0.1, 0.15) is 0 Å². The Kier molecular flexibility index (Phi) is 2.83. The van der Waals surface area contributed by atoms with Crippen LogP contribution in [-0.2, 0) is 0 Å². The summed E-state index contributed by atoms with van der Waals surface area (Å²) in [6, 6.07) is 5.28. The molecular weight excluding hydrogens is 186 g/mol. The largest absolute Gasteiger partial charge is 0.478 e. The lowest BCUT2D eigenvalue weighted by molar-refractivity contribution is 0.0697. The Balaban J connectivity index is 3.11. The quantitative estimate of drug-likeness (QED) is 0.438. The first-order chi connectivity index (χ1) is 6.65. The van der Waals surface area contributed by atoms with Crippen molar-refractivity contribution >= 4 is 11.9 Å². The van der Waals surface area contributed by atoms with Crippen molar-refractivity contribution in [2.24, 2.45) is 5.11 Å². The van der Waals surface area contributed by atoms with Gasteiger partial charge in [0.2, 0.25) is 5.91 Å². The number of azide groups is 1. The highest BCUT2D eigenvalue weighted by Gasteiger charge is 2.07. The molecule has 0 saturated carbocycles. The van der Waals surface area contributed by atoms with E-state index in [1.165, 1.54) is 18.2 Å². The van der Waals surface area contributed by atoms with Crippen LogP contribution in [0, 0.1) is 0 Å². The summed E-state index contributed by atoms with van der Waals surface area (Å²) in [7, 11) is 0. The Bertz CT molecular complexity index is 435. The van der Waals surface area contributed by atoms with Crippen LogP contribution in [0.25, 0.3) is 10.4 Å². The summed E-state index contributed by atoms with van der Waals surface area (Å²) in [5, 5.41) is 11.5. The average molecular weight is 191 g/mol. The molecule has 0 aliphatic rings. The summed E-state index contributed by atoms with van der Waals surface area (Å²) in [6.45, 7) is 0. The molecule has 6 nitrogen and oxygen atoms in total. The fraction of sp³-hybridized carbons (Fsp3) is 0. The zero-order valence-electron chi connectivity index (χ0n) is 6.91. The minimum Gasteiger partial charge on any atom is -0.478 e. The zero-order chi connectivity index (χ0) is 10.6. The monoisotopic (exact) mass is 191 g/mol. The summed E-state index contributed by atoms with van der Waals surface area (Å²) in [5.41, 5.74) is 8.03. The van der Waals surface area contributed by atoms with E-state index < -0.39 is 11.9 Å². The molecule has 0 radical (unpaired) electrons.